The Morgan fingerprint density at radius 1 is 1.54 bits per heavy atom. The van der Waals surface area contributed by atoms with Crippen molar-refractivity contribution in [1.29, 1.82) is 0 Å². The van der Waals surface area contributed by atoms with Gasteiger partial charge >= 0.3 is 6.61 Å². The third kappa shape index (κ3) is 4.00. The summed E-state index contributed by atoms with van der Waals surface area (Å²) in [4.78, 5) is 2.19. The monoisotopic (exact) mass is 193 g/mol. The standard InChI is InChI=1S/C9H17F2NO/c1-2-3-5-12-6-4-8(7-12)13-9(10)11/h8-9H,2-7H2,1H3/t8-/m1/s1. The molecule has 4 heteroatoms. The van der Waals surface area contributed by atoms with Crippen molar-refractivity contribution in [2.24, 2.45) is 0 Å². The molecule has 0 bridgehead atoms. The van der Waals surface area contributed by atoms with Crippen molar-refractivity contribution in [2.75, 3.05) is 19.6 Å². The second kappa shape index (κ2) is 5.50. The zero-order chi connectivity index (χ0) is 9.68. The Bertz CT molecular complexity index is 144. The van der Waals surface area contributed by atoms with Gasteiger partial charge in [0.2, 0.25) is 0 Å². The van der Waals surface area contributed by atoms with Crippen LogP contribution < -0.4 is 0 Å². The van der Waals surface area contributed by atoms with E-state index in [2.05, 4.69) is 16.6 Å². The molecule has 13 heavy (non-hydrogen) atoms. The summed E-state index contributed by atoms with van der Waals surface area (Å²) < 4.78 is 28.1. The lowest BCUT2D eigenvalue weighted by Gasteiger charge is -2.15. The average molecular weight is 193 g/mol. The summed E-state index contributed by atoms with van der Waals surface area (Å²) in [6.45, 7) is 2.10. The van der Waals surface area contributed by atoms with E-state index in [4.69, 9.17) is 0 Å². The Morgan fingerprint density at radius 2 is 2.31 bits per heavy atom. The molecule has 1 aliphatic rings. The molecule has 0 N–H and O–H groups in total. The normalized spacial score (nSPS) is 24.5. The van der Waals surface area contributed by atoms with E-state index in [0.717, 1.165) is 32.4 Å². The molecule has 1 aliphatic heterocycles. The van der Waals surface area contributed by atoms with Gasteiger partial charge in [-0.15, -0.1) is 0 Å². The fourth-order valence-corrected chi connectivity index (χ4v) is 1.64. The largest absolute Gasteiger partial charge is 0.345 e. The van der Waals surface area contributed by atoms with E-state index in [0.29, 0.717) is 6.54 Å². The Balaban J connectivity index is 2.12. The van der Waals surface area contributed by atoms with Crippen molar-refractivity contribution < 1.29 is 13.5 Å². The van der Waals surface area contributed by atoms with Crippen LogP contribution in [0.3, 0.4) is 0 Å². The second-order valence-electron chi connectivity index (χ2n) is 3.46. The lowest BCUT2D eigenvalue weighted by atomic mass is 10.3. The highest BCUT2D eigenvalue weighted by molar-refractivity contribution is 4.75. The van der Waals surface area contributed by atoms with E-state index < -0.39 is 6.61 Å². The predicted molar refractivity (Wildman–Crippen MR) is 46.8 cm³/mol. The van der Waals surface area contributed by atoms with Gasteiger partial charge in [-0.05, 0) is 19.4 Å². The summed E-state index contributed by atoms with van der Waals surface area (Å²) in [6, 6.07) is 0. The van der Waals surface area contributed by atoms with Crippen LogP contribution in [0.25, 0.3) is 0 Å². The topological polar surface area (TPSA) is 12.5 Å². The minimum atomic E-state index is -2.61. The second-order valence-corrected chi connectivity index (χ2v) is 3.46. The maximum Gasteiger partial charge on any atom is 0.345 e. The van der Waals surface area contributed by atoms with Crippen molar-refractivity contribution >= 4 is 0 Å². The van der Waals surface area contributed by atoms with Crippen molar-refractivity contribution in [2.45, 2.75) is 38.9 Å². The molecule has 0 amide bonds. The molecule has 1 fully saturated rings. The minimum absolute atomic E-state index is 0.253. The van der Waals surface area contributed by atoms with Crippen LogP contribution in [-0.2, 0) is 4.74 Å². The quantitative estimate of drug-likeness (QED) is 0.663. The molecule has 1 heterocycles. The predicted octanol–water partition coefficient (Wildman–Crippen LogP) is 2.10. The van der Waals surface area contributed by atoms with Gasteiger partial charge in [0.25, 0.3) is 0 Å². The van der Waals surface area contributed by atoms with Crippen molar-refractivity contribution in [3.8, 4) is 0 Å². The molecule has 0 aromatic heterocycles. The number of halogens is 2. The van der Waals surface area contributed by atoms with Crippen LogP contribution in [0, 0.1) is 0 Å². The highest BCUT2D eigenvalue weighted by Gasteiger charge is 2.24. The van der Waals surface area contributed by atoms with Gasteiger partial charge in [-0.2, -0.15) is 8.78 Å². The molecular weight excluding hydrogens is 176 g/mol. The number of alkyl halides is 2. The SMILES string of the molecule is CCCCN1CC[C@@H](OC(F)F)C1. The van der Waals surface area contributed by atoms with Crippen LogP contribution in [-0.4, -0.2) is 37.2 Å². The number of likely N-dealkylation sites (tertiary alicyclic amines) is 1. The number of hydrogen-bond donors (Lipinski definition) is 0. The first kappa shape index (κ1) is 10.9. The maximum absolute atomic E-state index is 11.8. The van der Waals surface area contributed by atoms with E-state index in [1.807, 2.05) is 0 Å². The molecule has 0 aliphatic carbocycles. The van der Waals surface area contributed by atoms with Gasteiger partial charge in [0.15, 0.2) is 0 Å². The summed E-state index contributed by atoms with van der Waals surface area (Å²) in [6.07, 6.45) is 2.78. The Labute approximate surface area is 77.9 Å². The number of hydrogen-bond acceptors (Lipinski definition) is 2. The molecule has 2 nitrogen and oxygen atoms in total. The summed E-state index contributed by atoms with van der Waals surface area (Å²) in [5.74, 6) is 0. The molecule has 1 rings (SSSR count). The molecule has 0 aromatic carbocycles. The molecule has 1 saturated heterocycles. The van der Waals surface area contributed by atoms with Crippen molar-refractivity contribution in [3.63, 3.8) is 0 Å². The van der Waals surface area contributed by atoms with E-state index >= 15 is 0 Å². The first-order valence-corrected chi connectivity index (χ1v) is 4.88. The number of unbranched alkanes of at least 4 members (excludes halogenated alkanes) is 1. The molecule has 0 saturated carbocycles. The highest BCUT2D eigenvalue weighted by atomic mass is 19.3. The van der Waals surface area contributed by atoms with Crippen LogP contribution in [0.4, 0.5) is 8.78 Å². The maximum atomic E-state index is 11.8. The van der Waals surface area contributed by atoms with Gasteiger partial charge in [-0.25, -0.2) is 0 Å². The van der Waals surface area contributed by atoms with Crippen LogP contribution >= 0.6 is 0 Å². The molecule has 0 unspecified atom stereocenters. The third-order valence-corrected chi connectivity index (χ3v) is 2.35. The van der Waals surface area contributed by atoms with E-state index in [1.54, 1.807) is 0 Å². The zero-order valence-corrected chi connectivity index (χ0v) is 8.01. The van der Waals surface area contributed by atoms with Gasteiger partial charge in [0, 0.05) is 13.1 Å². The number of ether oxygens (including phenoxy) is 1. The first-order chi connectivity index (χ1) is 6.22. The fourth-order valence-electron chi connectivity index (χ4n) is 1.64. The molecule has 78 valence electrons. The summed E-state index contributed by atoms with van der Waals surface area (Å²) in [7, 11) is 0. The molecule has 0 aromatic rings. The van der Waals surface area contributed by atoms with Crippen LogP contribution in [0.15, 0.2) is 0 Å². The van der Waals surface area contributed by atoms with Gasteiger partial charge in [0.1, 0.15) is 0 Å². The third-order valence-electron chi connectivity index (χ3n) is 2.35. The molecule has 0 radical (unpaired) electrons. The highest BCUT2D eigenvalue weighted by Crippen LogP contribution is 2.15. The van der Waals surface area contributed by atoms with Crippen LogP contribution in [0.5, 0.6) is 0 Å². The lowest BCUT2D eigenvalue weighted by molar-refractivity contribution is -0.158. The van der Waals surface area contributed by atoms with Crippen molar-refractivity contribution in [3.05, 3.63) is 0 Å². The molecule has 1 atom stereocenters. The summed E-state index contributed by atoms with van der Waals surface area (Å²) in [5.41, 5.74) is 0. The van der Waals surface area contributed by atoms with Crippen LogP contribution in [0.1, 0.15) is 26.2 Å². The van der Waals surface area contributed by atoms with Gasteiger partial charge in [-0.1, -0.05) is 13.3 Å². The first-order valence-electron chi connectivity index (χ1n) is 4.88. The number of rotatable bonds is 5. The van der Waals surface area contributed by atoms with Gasteiger partial charge < -0.3 is 9.64 Å². The van der Waals surface area contributed by atoms with E-state index in [9.17, 15) is 8.78 Å². The average Bonchev–Trinajstić information content (AvgIpc) is 2.48. The number of nitrogens with zero attached hydrogens (tertiary/aromatic N) is 1. The zero-order valence-electron chi connectivity index (χ0n) is 8.01. The fraction of sp³-hybridized carbons (Fsp3) is 1.00. The Kier molecular flexibility index (Phi) is 4.59. The van der Waals surface area contributed by atoms with Gasteiger partial charge in [0.05, 0.1) is 6.10 Å². The van der Waals surface area contributed by atoms with Crippen molar-refractivity contribution in [1.82, 2.24) is 4.90 Å². The summed E-state index contributed by atoms with van der Waals surface area (Å²) in [5, 5.41) is 0. The Morgan fingerprint density at radius 3 is 2.92 bits per heavy atom. The summed E-state index contributed by atoms with van der Waals surface area (Å²) >= 11 is 0. The van der Waals surface area contributed by atoms with Crippen LogP contribution in [0.2, 0.25) is 0 Å². The minimum Gasteiger partial charge on any atom is -0.318 e. The Hall–Kier alpha value is -0.220. The molecular formula is C9H17F2NO. The van der Waals surface area contributed by atoms with E-state index in [1.165, 1.54) is 0 Å². The van der Waals surface area contributed by atoms with Gasteiger partial charge in [-0.3, -0.25) is 0 Å². The van der Waals surface area contributed by atoms with E-state index in [-0.39, 0.29) is 6.10 Å². The smallest absolute Gasteiger partial charge is 0.318 e. The molecule has 0 spiro atoms. The lowest BCUT2D eigenvalue weighted by Crippen LogP contribution is -2.25.